The van der Waals surface area contributed by atoms with Gasteiger partial charge in [-0.15, -0.1) is 11.3 Å². The van der Waals surface area contributed by atoms with Crippen LogP contribution in [0.15, 0.2) is 34.8 Å². The minimum atomic E-state index is 0.178. The third-order valence-corrected chi connectivity index (χ3v) is 4.28. The van der Waals surface area contributed by atoms with Crippen molar-refractivity contribution in [1.82, 2.24) is 0 Å². The molecule has 0 spiro atoms. The van der Waals surface area contributed by atoms with Crippen molar-refractivity contribution in [2.45, 2.75) is 20.0 Å². The van der Waals surface area contributed by atoms with Crippen LogP contribution in [0.4, 0.5) is 0 Å². The molecule has 0 fully saturated rings. The van der Waals surface area contributed by atoms with E-state index in [-0.39, 0.29) is 6.10 Å². The van der Waals surface area contributed by atoms with Crippen molar-refractivity contribution in [2.75, 3.05) is 0 Å². The Morgan fingerprint density at radius 3 is 2.44 bits per heavy atom. The first kappa shape index (κ1) is 13.1. The minimum absolute atomic E-state index is 0.178. The molecule has 1 aromatic carbocycles. The summed E-state index contributed by atoms with van der Waals surface area (Å²) >= 11 is 4.87. The van der Waals surface area contributed by atoms with E-state index in [0.29, 0.717) is 4.88 Å². The van der Waals surface area contributed by atoms with Crippen LogP contribution in [0.1, 0.15) is 18.7 Å². The Kier molecular flexibility index (Phi) is 4.05. The molecule has 0 N–H and O–H groups in total. The van der Waals surface area contributed by atoms with Gasteiger partial charge in [0.15, 0.2) is 0 Å². The maximum atomic E-state index is 8.93. The van der Waals surface area contributed by atoms with Crippen molar-refractivity contribution >= 4 is 27.3 Å². The Bertz CT molecular complexity index is 581. The fourth-order valence-electron chi connectivity index (χ4n) is 1.56. The van der Waals surface area contributed by atoms with Crippen LogP contribution < -0.4 is 4.74 Å². The van der Waals surface area contributed by atoms with Gasteiger partial charge in [0.05, 0.1) is 6.10 Å². The number of ether oxygens (including phenoxy) is 1. The van der Waals surface area contributed by atoms with Gasteiger partial charge in [-0.3, -0.25) is 0 Å². The maximum absolute atomic E-state index is 8.93. The van der Waals surface area contributed by atoms with Crippen molar-refractivity contribution < 1.29 is 4.74 Å². The molecule has 92 valence electrons. The molecule has 1 heterocycles. The first-order chi connectivity index (χ1) is 8.60. The fraction of sp³-hybridized carbons (Fsp3) is 0.214. The lowest BCUT2D eigenvalue weighted by atomic mass is 10.2. The molecule has 0 bridgehead atoms. The van der Waals surface area contributed by atoms with Crippen LogP contribution in [0.3, 0.4) is 0 Å². The molecular weight excluding hydrogens is 310 g/mol. The van der Waals surface area contributed by atoms with Crippen molar-refractivity contribution in [3.8, 4) is 22.3 Å². The molecule has 0 unspecified atom stereocenters. The zero-order valence-corrected chi connectivity index (χ0v) is 12.5. The average Bonchev–Trinajstić information content (AvgIpc) is 2.71. The molecule has 2 nitrogen and oxygen atoms in total. The molecule has 0 amide bonds. The van der Waals surface area contributed by atoms with Gasteiger partial charge >= 0.3 is 0 Å². The van der Waals surface area contributed by atoms with Crippen LogP contribution in [-0.4, -0.2) is 6.10 Å². The molecule has 0 aliphatic rings. The van der Waals surface area contributed by atoms with Crippen LogP contribution in [0.5, 0.6) is 5.75 Å². The van der Waals surface area contributed by atoms with E-state index in [1.807, 2.05) is 44.2 Å². The third kappa shape index (κ3) is 2.92. The van der Waals surface area contributed by atoms with E-state index in [9.17, 15) is 0 Å². The smallest absolute Gasteiger partial charge is 0.119 e. The monoisotopic (exact) mass is 321 g/mol. The van der Waals surface area contributed by atoms with E-state index in [2.05, 4.69) is 22.0 Å². The zero-order valence-electron chi connectivity index (χ0n) is 10.1. The van der Waals surface area contributed by atoms with Crippen molar-refractivity contribution in [3.05, 3.63) is 39.7 Å². The maximum Gasteiger partial charge on any atom is 0.119 e. The first-order valence-electron chi connectivity index (χ1n) is 5.56. The standard InChI is InChI=1S/C14H12BrNOS/c1-9(2)17-11-5-3-10(4-6-11)13-7-12(15)14(8-16)18-13/h3-7,9H,1-2H3. The zero-order chi connectivity index (χ0) is 13.1. The lowest BCUT2D eigenvalue weighted by Gasteiger charge is -2.09. The molecular formula is C14H12BrNOS. The van der Waals surface area contributed by atoms with Gasteiger partial charge in [0.2, 0.25) is 0 Å². The molecule has 0 aliphatic heterocycles. The molecule has 0 saturated carbocycles. The van der Waals surface area contributed by atoms with E-state index in [1.54, 1.807) is 0 Å². The average molecular weight is 322 g/mol. The van der Waals surface area contributed by atoms with Gasteiger partial charge in [-0.1, -0.05) is 0 Å². The SMILES string of the molecule is CC(C)Oc1ccc(-c2cc(Br)c(C#N)s2)cc1. The van der Waals surface area contributed by atoms with E-state index >= 15 is 0 Å². The van der Waals surface area contributed by atoms with Crippen molar-refractivity contribution in [2.24, 2.45) is 0 Å². The number of halogens is 1. The minimum Gasteiger partial charge on any atom is -0.491 e. The van der Waals surface area contributed by atoms with Crippen molar-refractivity contribution in [1.29, 1.82) is 5.26 Å². The van der Waals surface area contributed by atoms with Gasteiger partial charge in [-0.2, -0.15) is 5.26 Å². The fourth-order valence-corrected chi connectivity index (χ4v) is 3.12. The second-order valence-electron chi connectivity index (χ2n) is 4.09. The summed E-state index contributed by atoms with van der Waals surface area (Å²) < 4.78 is 6.45. The Morgan fingerprint density at radius 2 is 1.94 bits per heavy atom. The van der Waals surface area contributed by atoms with Crippen molar-refractivity contribution in [3.63, 3.8) is 0 Å². The normalized spacial score (nSPS) is 10.4. The molecule has 1 aromatic heterocycles. The van der Waals surface area contributed by atoms with E-state index in [0.717, 1.165) is 20.7 Å². The van der Waals surface area contributed by atoms with Crippen LogP contribution in [0, 0.1) is 11.3 Å². The topological polar surface area (TPSA) is 33.0 Å². The number of nitrogens with zero attached hydrogens (tertiary/aromatic N) is 1. The molecule has 2 rings (SSSR count). The predicted molar refractivity (Wildman–Crippen MR) is 77.9 cm³/mol. The highest BCUT2D eigenvalue weighted by molar-refractivity contribution is 9.10. The summed E-state index contributed by atoms with van der Waals surface area (Å²) in [4.78, 5) is 1.78. The third-order valence-electron chi connectivity index (χ3n) is 2.30. The molecule has 4 heteroatoms. The van der Waals surface area contributed by atoms with Gasteiger partial charge in [-0.05, 0) is 65.7 Å². The molecule has 2 aromatic rings. The summed E-state index contributed by atoms with van der Waals surface area (Å²) in [5.74, 6) is 0.866. The molecule has 0 saturated heterocycles. The summed E-state index contributed by atoms with van der Waals surface area (Å²) in [6, 6.07) is 12.1. The Labute approximate surface area is 119 Å². The first-order valence-corrected chi connectivity index (χ1v) is 7.17. The van der Waals surface area contributed by atoms with Crippen LogP contribution in [0.2, 0.25) is 0 Å². The second-order valence-corrected chi connectivity index (χ2v) is 6.00. The van der Waals surface area contributed by atoms with Gasteiger partial charge in [-0.25, -0.2) is 0 Å². The Hall–Kier alpha value is -1.31. The van der Waals surface area contributed by atoms with Gasteiger partial charge in [0, 0.05) is 9.35 Å². The number of thiophene rings is 1. The number of nitriles is 1. The predicted octanol–water partition coefficient (Wildman–Crippen LogP) is 4.84. The summed E-state index contributed by atoms with van der Waals surface area (Å²) in [7, 11) is 0. The van der Waals surface area contributed by atoms with Gasteiger partial charge in [0.25, 0.3) is 0 Å². The number of hydrogen-bond acceptors (Lipinski definition) is 3. The number of rotatable bonds is 3. The van der Waals surface area contributed by atoms with Crippen LogP contribution >= 0.6 is 27.3 Å². The van der Waals surface area contributed by atoms with Gasteiger partial charge in [0.1, 0.15) is 16.7 Å². The Balaban J connectivity index is 2.26. The van der Waals surface area contributed by atoms with Gasteiger partial charge < -0.3 is 4.74 Å². The summed E-state index contributed by atoms with van der Waals surface area (Å²) in [5, 5.41) is 8.93. The quantitative estimate of drug-likeness (QED) is 0.810. The molecule has 0 atom stereocenters. The summed E-state index contributed by atoms with van der Waals surface area (Å²) in [5.41, 5.74) is 1.10. The highest BCUT2D eigenvalue weighted by atomic mass is 79.9. The van der Waals surface area contributed by atoms with E-state index in [4.69, 9.17) is 10.00 Å². The lowest BCUT2D eigenvalue weighted by Crippen LogP contribution is -2.04. The van der Waals surface area contributed by atoms with E-state index in [1.165, 1.54) is 11.3 Å². The van der Waals surface area contributed by atoms with E-state index < -0.39 is 0 Å². The van der Waals surface area contributed by atoms with Crippen LogP contribution in [0.25, 0.3) is 10.4 Å². The number of benzene rings is 1. The summed E-state index contributed by atoms with van der Waals surface area (Å²) in [6.07, 6.45) is 0.178. The Morgan fingerprint density at radius 1 is 1.28 bits per heavy atom. The number of hydrogen-bond donors (Lipinski definition) is 0. The molecule has 0 aliphatic carbocycles. The highest BCUT2D eigenvalue weighted by Gasteiger charge is 2.08. The summed E-state index contributed by atoms with van der Waals surface area (Å²) in [6.45, 7) is 4.01. The lowest BCUT2D eigenvalue weighted by molar-refractivity contribution is 0.242. The molecule has 18 heavy (non-hydrogen) atoms. The second kappa shape index (κ2) is 5.55. The highest BCUT2D eigenvalue weighted by Crippen LogP contribution is 2.34. The van der Waals surface area contributed by atoms with Crippen LogP contribution in [-0.2, 0) is 0 Å². The molecule has 0 radical (unpaired) electrons. The largest absolute Gasteiger partial charge is 0.491 e.